The number of rotatable bonds is 9. The van der Waals surface area contributed by atoms with Gasteiger partial charge in [0.2, 0.25) is 0 Å². The Morgan fingerprint density at radius 1 is 1.25 bits per heavy atom. The van der Waals surface area contributed by atoms with E-state index < -0.39 is 10.0 Å². The van der Waals surface area contributed by atoms with Crippen molar-refractivity contribution in [3.05, 3.63) is 23.9 Å². The summed E-state index contributed by atoms with van der Waals surface area (Å²) in [7, 11) is -3.47. The van der Waals surface area contributed by atoms with Gasteiger partial charge in [-0.25, -0.2) is 18.1 Å². The Hall–Kier alpha value is -0.980. The summed E-state index contributed by atoms with van der Waals surface area (Å²) in [5.41, 5.74) is 0.976. The number of nitrogens with zero attached hydrogens (tertiary/aromatic N) is 1. The van der Waals surface area contributed by atoms with Crippen molar-refractivity contribution >= 4 is 10.0 Å². The first-order valence-corrected chi connectivity index (χ1v) is 8.62. The Morgan fingerprint density at radius 2 is 2.00 bits per heavy atom. The summed E-state index contributed by atoms with van der Waals surface area (Å²) in [6, 6.07) is 3.74. The summed E-state index contributed by atoms with van der Waals surface area (Å²) in [5.74, 6) is 0. The number of aromatic nitrogens is 1. The lowest BCUT2D eigenvalue weighted by molar-refractivity contribution is 0.570. The molecule has 0 atom stereocenters. The Balaban J connectivity index is 2.57. The highest BCUT2D eigenvalue weighted by molar-refractivity contribution is 7.89. The van der Waals surface area contributed by atoms with Crippen molar-refractivity contribution in [1.82, 2.24) is 15.0 Å². The molecule has 0 aliphatic rings. The molecule has 0 fully saturated rings. The fraction of sp³-hybridized carbons (Fsp3) is 0.643. The van der Waals surface area contributed by atoms with Gasteiger partial charge in [-0.1, -0.05) is 39.7 Å². The second kappa shape index (κ2) is 8.34. The van der Waals surface area contributed by atoms with E-state index in [1.807, 2.05) is 0 Å². The van der Waals surface area contributed by atoms with Crippen molar-refractivity contribution in [2.45, 2.75) is 57.6 Å². The molecule has 1 rings (SSSR count). The maximum atomic E-state index is 12.0. The SMILES string of the molecule is CCCCCNS(=O)(=O)c1ccc(CNC(C)C)cn1. The van der Waals surface area contributed by atoms with E-state index in [4.69, 9.17) is 0 Å². The molecule has 20 heavy (non-hydrogen) atoms. The van der Waals surface area contributed by atoms with Gasteiger partial charge >= 0.3 is 0 Å². The molecule has 114 valence electrons. The van der Waals surface area contributed by atoms with E-state index in [-0.39, 0.29) is 5.03 Å². The molecule has 0 radical (unpaired) electrons. The van der Waals surface area contributed by atoms with Gasteiger partial charge in [0.1, 0.15) is 0 Å². The van der Waals surface area contributed by atoms with Gasteiger partial charge in [-0.3, -0.25) is 0 Å². The van der Waals surface area contributed by atoms with Crippen LogP contribution >= 0.6 is 0 Å². The summed E-state index contributed by atoms with van der Waals surface area (Å²) < 4.78 is 26.5. The predicted octanol–water partition coefficient (Wildman–Crippen LogP) is 2.05. The number of hydrogen-bond donors (Lipinski definition) is 2. The van der Waals surface area contributed by atoms with Gasteiger partial charge in [-0.05, 0) is 18.1 Å². The third kappa shape index (κ3) is 5.98. The fourth-order valence-corrected chi connectivity index (χ4v) is 2.65. The second-order valence-corrected chi connectivity index (χ2v) is 6.86. The third-order valence-corrected chi connectivity index (χ3v) is 4.24. The molecule has 0 saturated heterocycles. The van der Waals surface area contributed by atoms with Crippen LogP contribution < -0.4 is 10.0 Å². The number of hydrogen-bond acceptors (Lipinski definition) is 4. The minimum atomic E-state index is -3.47. The molecule has 0 unspecified atom stereocenters. The maximum Gasteiger partial charge on any atom is 0.258 e. The summed E-state index contributed by atoms with van der Waals surface area (Å²) in [6.45, 7) is 7.36. The van der Waals surface area contributed by atoms with Gasteiger partial charge in [0.15, 0.2) is 5.03 Å². The molecule has 0 spiro atoms. The van der Waals surface area contributed by atoms with Crippen molar-refractivity contribution in [2.24, 2.45) is 0 Å². The molecule has 5 nitrogen and oxygen atoms in total. The van der Waals surface area contributed by atoms with Crippen LogP contribution in [-0.4, -0.2) is 26.0 Å². The topological polar surface area (TPSA) is 71.1 Å². The number of sulfonamides is 1. The number of unbranched alkanes of at least 4 members (excludes halogenated alkanes) is 2. The lowest BCUT2D eigenvalue weighted by Crippen LogP contribution is -2.26. The Labute approximate surface area is 122 Å². The summed E-state index contributed by atoms with van der Waals surface area (Å²) in [6.07, 6.45) is 4.55. The van der Waals surface area contributed by atoms with Crippen LogP contribution in [0.4, 0.5) is 0 Å². The molecule has 1 heterocycles. The first kappa shape index (κ1) is 17.1. The zero-order valence-electron chi connectivity index (χ0n) is 12.5. The lowest BCUT2D eigenvalue weighted by atomic mass is 10.2. The highest BCUT2D eigenvalue weighted by Gasteiger charge is 2.14. The van der Waals surface area contributed by atoms with Crippen molar-refractivity contribution in [3.8, 4) is 0 Å². The first-order valence-electron chi connectivity index (χ1n) is 7.13. The van der Waals surface area contributed by atoms with Crippen molar-refractivity contribution in [3.63, 3.8) is 0 Å². The van der Waals surface area contributed by atoms with Crippen LogP contribution in [0.3, 0.4) is 0 Å². The Morgan fingerprint density at radius 3 is 2.55 bits per heavy atom. The quantitative estimate of drug-likeness (QED) is 0.685. The Kier molecular flexibility index (Phi) is 7.12. The maximum absolute atomic E-state index is 12.0. The first-order chi connectivity index (χ1) is 9.45. The molecular weight excluding hydrogens is 274 g/mol. The highest BCUT2D eigenvalue weighted by Crippen LogP contribution is 2.07. The average Bonchev–Trinajstić information content (AvgIpc) is 2.42. The number of nitrogens with one attached hydrogen (secondary N) is 2. The van der Waals surface area contributed by atoms with Crippen LogP contribution in [0.5, 0.6) is 0 Å². The fourth-order valence-electron chi connectivity index (χ4n) is 1.65. The van der Waals surface area contributed by atoms with Crippen molar-refractivity contribution in [2.75, 3.05) is 6.54 Å². The van der Waals surface area contributed by atoms with E-state index in [1.165, 1.54) is 0 Å². The number of pyridine rings is 1. The van der Waals surface area contributed by atoms with Gasteiger partial charge in [-0.15, -0.1) is 0 Å². The summed E-state index contributed by atoms with van der Waals surface area (Å²) in [5, 5.41) is 3.35. The molecule has 2 N–H and O–H groups in total. The van der Waals surface area contributed by atoms with Crippen LogP contribution in [0, 0.1) is 0 Å². The molecule has 1 aromatic heterocycles. The molecular formula is C14H25N3O2S. The molecule has 0 amide bonds. The van der Waals surface area contributed by atoms with Crippen molar-refractivity contribution < 1.29 is 8.42 Å². The molecule has 0 saturated carbocycles. The molecule has 0 aliphatic heterocycles. The van der Waals surface area contributed by atoms with Crippen LogP contribution in [-0.2, 0) is 16.6 Å². The zero-order chi connectivity index (χ0) is 15.0. The molecule has 0 aromatic carbocycles. The third-order valence-electron chi connectivity index (χ3n) is 2.86. The largest absolute Gasteiger partial charge is 0.310 e. The average molecular weight is 299 g/mol. The second-order valence-electron chi connectivity index (χ2n) is 5.15. The molecule has 1 aromatic rings. The van der Waals surface area contributed by atoms with Crippen molar-refractivity contribution in [1.29, 1.82) is 0 Å². The smallest absolute Gasteiger partial charge is 0.258 e. The summed E-state index contributed by atoms with van der Waals surface area (Å²) in [4.78, 5) is 4.04. The zero-order valence-corrected chi connectivity index (χ0v) is 13.3. The lowest BCUT2D eigenvalue weighted by Gasteiger charge is -2.09. The van der Waals surface area contributed by atoms with Gasteiger partial charge in [-0.2, -0.15) is 0 Å². The van der Waals surface area contributed by atoms with E-state index in [1.54, 1.807) is 18.3 Å². The van der Waals surface area contributed by atoms with Gasteiger partial charge < -0.3 is 5.32 Å². The van der Waals surface area contributed by atoms with E-state index in [0.29, 0.717) is 19.1 Å². The molecule has 0 bridgehead atoms. The van der Waals surface area contributed by atoms with Crippen LogP contribution in [0.1, 0.15) is 45.6 Å². The minimum Gasteiger partial charge on any atom is -0.310 e. The van der Waals surface area contributed by atoms with Crippen LogP contribution in [0.15, 0.2) is 23.4 Å². The molecule has 6 heteroatoms. The van der Waals surface area contributed by atoms with Crippen LogP contribution in [0.25, 0.3) is 0 Å². The standard InChI is InChI=1S/C14H25N3O2S/c1-4-5-6-9-17-20(18,19)14-8-7-13(11-16-14)10-15-12(2)3/h7-8,11-12,15,17H,4-6,9-10H2,1-3H3. The normalized spacial score (nSPS) is 12.0. The van der Waals surface area contributed by atoms with Crippen LogP contribution in [0.2, 0.25) is 0 Å². The van der Waals surface area contributed by atoms with E-state index in [9.17, 15) is 8.42 Å². The van der Waals surface area contributed by atoms with E-state index in [0.717, 1.165) is 24.8 Å². The van der Waals surface area contributed by atoms with Gasteiger partial charge in [0, 0.05) is 25.3 Å². The minimum absolute atomic E-state index is 0.0855. The predicted molar refractivity (Wildman–Crippen MR) is 80.9 cm³/mol. The monoisotopic (exact) mass is 299 g/mol. The molecule has 0 aliphatic carbocycles. The van der Waals surface area contributed by atoms with Gasteiger partial charge in [0.25, 0.3) is 10.0 Å². The summed E-state index contributed by atoms with van der Waals surface area (Å²) >= 11 is 0. The highest BCUT2D eigenvalue weighted by atomic mass is 32.2. The van der Waals surface area contributed by atoms with Gasteiger partial charge in [0.05, 0.1) is 0 Å². The Bertz CT molecular complexity index is 484. The van der Waals surface area contributed by atoms with E-state index in [2.05, 4.69) is 35.8 Å². The van der Waals surface area contributed by atoms with E-state index >= 15 is 0 Å².